The largest absolute Gasteiger partial charge is 0.360 e. The number of piperazine rings is 1. The number of pyridine rings is 1. The van der Waals surface area contributed by atoms with Crippen LogP contribution in [0.3, 0.4) is 0 Å². The first kappa shape index (κ1) is 15.9. The normalized spacial score (nSPS) is 15.4. The topological polar surface area (TPSA) is 57.5 Å². The van der Waals surface area contributed by atoms with Crippen molar-refractivity contribution in [2.45, 2.75) is 6.67 Å². The highest BCUT2D eigenvalue weighted by molar-refractivity contribution is 7.71. The predicted molar refractivity (Wildman–Crippen MR) is 96.1 cm³/mol. The molecule has 0 atom stereocenters. The molecule has 0 saturated carbocycles. The summed E-state index contributed by atoms with van der Waals surface area (Å²) < 4.78 is 4.18. The first-order valence-electron chi connectivity index (χ1n) is 8.44. The number of aromatic amines is 1. The lowest BCUT2D eigenvalue weighted by molar-refractivity contribution is -0.924. The standard InChI is InChI=1S/C17H19N7S/c25-17-23(19-20-24(17)16-4-2-1-3-5-16)14-21-10-12-22(13-11-21)15-6-8-18-9-7-15/h1-9H,10-14H2/p+2. The fourth-order valence-corrected chi connectivity index (χ4v) is 3.39. The summed E-state index contributed by atoms with van der Waals surface area (Å²) >= 11 is 5.55. The van der Waals surface area contributed by atoms with Gasteiger partial charge >= 0.3 is 0 Å². The van der Waals surface area contributed by atoms with E-state index in [1.54, 1.807) is 4.68 Å². The van der Waals surface area contributed by atoms with Crippen molar-refractivity contribution in [1.29, 1.82) is 0 Å². The van der Waals surface area contributed by atoms with E-state index < -0.39 is 0 Å². The van der Waals surface area contributed by atoms with Crippen LogP contribution < -0.4 is 14.8 Å². The van der Waals surface area contributed by atoms with E-state index in [0.29, 0.717) is 4.77 Å². The third kappa shape index (κ3) is 3.45. The molecule has 1 aliphatic heterocycles. The maximum atomic E-state index is 5.55. The number of nitrogens with zero attached hydrogens (tertiary/aromatic N) is 5. The molecule has 0 bridgehead atoms. The monoisotopic (exact) mass is 355 g/mol. The number of hydrogen-bond acceptors (Lipinski definition) is 4. The molecule has 2 N–H and O–H groups in total. The van der Waals surface area contributed by atoms with Crippen molar-refractivity contribution in [3.05, 3.63) is 59.6 Å². The maximum Gasteiger partial charge on any atom is 0.225 e. The van der Waals surface area contributed by atoms with Crippen molar-refractivity contribution in [1.82, 2.24) is 19.8 Å². The van der Waals surface area contributed by atoms with Gasteiger partial charge < -0.3 is 9.80 Å². The molecule has 3 heterocycles. The molecule has 4 rings (SSSR count). The lowest BCUT2D eigenvalue weighted by Gasteiger charge is -2.32. The second kappa shape index (κ2) is 7.12. The van der Waals surface area contributed by atoms with Gasteiger partial charge in [0.25, 0.3) is 0 Å². The predicted octanol–water partition coefficient (Wildman–Crippen LogP) is -0.0250. The minimum Gasteiger partial charge on any atom is -0.360 e. The Morgan fingerprint density at radius 3 is 2.40 bits per heavy atom. The van der Waals surface area contributed by atoms with Crippen LogP contribution in [0.4, 0.5) is 5.69 Å². The van der Waals surface area contributed by atoms with Gasteiger partial charge in [-0.25, -0.2) is 4.98 Å². The molecule has 8 heteroatoms. The van der Waals surface area contributed by atoms with E-state index in [0.717, 1.165) is 38.5 Å². The molecule has 128 valence electrons. The summed E-state index contributed by atoms with van der Waals surface area (Å²) in [5, 5.41) is 8.46. The summed E-state index contributed by atoms with van der Waals surface area (Å²) in [6.07, 6.45) is 3.94. The van der Waals surface area contributed by atoms with Crippen molar-refractivity contribution in [3.8, 4) is 5.69 Å². The smallest absolute Gasteiger partial charge is 0.225 e. The third-order valence-electron chi connectivity index (χ3n) is 4.55. The fraction of sp³-hybridized carbons (Fsp3) is 0.294. The van der Waals surface area contributed by atoms with Gasteiger partial charge in [0.1, 0.15) is 0 Å². The number of H-pyrrole nitrogens is 1. The van der Waals surface area contributed by atoms with Crippen molar-refractivity contribution in [2.75, 3.05) is 31.1 Å². The Morgan fingerprint density at radius 1 is 0.960 bits per heavy atom. The lowest BCUT2D eigenvalue weighted by Crippen LogP contribution is -3.14. The van der Waals surface area contributed by atoms with Gasteiger partial charge in [0.2, 0.25) is 4.77 Å². The Bertz CT molecular complexity index is 867. The molecule has 1 fully saturated rings. The van der Waals surface area contributed by atoms with Crippen LogP contribution in [-0.4, -0.2) is 46.0 Å². The van der Waals surface area contributed by atoms with E-state index in [1.807, 2.05) is 47.4 Å². The summed E-state index contributed by atoms with van der Waals surface area (Å²) in [6.45, 7) is 4.91. The van der Waals surface area contributed by atoms with Crippen LogP contribution in [0.2, 0.25) is 0 Å². The number of hydrogen-bond donors (Lipinski definition) is 1. The average molecular weight is 355 g/mol. The molecule has 0 spiro atoms. The van der Waals surface area contributed by atoms with Gasteiger partial charge in [-0.2, -0.15) is 9.36 Å². The molecule has 0 aliphatic carbocycles. The Balaban J connectivity index is 1.41. The summed E-state index contributed by atoms with van der Waals surface area (Å²) in [5.41, 5.74) is 2.21. The first-order valence-corrected chi connectivity index (χ1v) is 8.85. The third-order valence-corrected chi connectivity index (χ3v) is 4.93. The zero-order chi connectivity index (χ0) is 17.1. The number of nitrogens with one attached hydrogen (secondary N) is 2. The molecule has 7 nitrogen and oxygen atoms in total. The SMILES string of the molecule is S=c1n(C[NH+]2CCN(c3cc[nH+]cc3)CC2)nnn1-c1ccccc1. The summed E-state index contributed by atoms with van der Waals surface area (Å²) in [4.78, 5) is 6.95. The van der Waals surface area contributed by atoms with Crippen LogP contribution in [-0.2, 0) is 6.67 Å². The van der Waals surface area contributed by atoms with E-state index in [4.69, 9.17) is 12.2 Å². The van der Waals surface area contributed by atoms with Crippen LogP contribution in [0.1, 0.15) is 0 Å². The summed E-state index contributed by atoms with van der Waals surface area (Å²) in [6, 6.07) is 14.1. The number of para-hydroxylation sites is 1. The van der Waals surface area contributed by atoms with E-state index in [9.17, 15) is 0 Å². The molecule has 2 aromatic heterocycles. The molecule has 1 saturated heterocycles. The lowest BCUT2D eigenvalue weighted by atomic mass is 10.3. The van der Waals surface area contributed by atoms with Gasteiger partial charge in [0, 0.05) is 17.8 Å². The molecule has 0 amide bonds. The zero-order valence-electron chi connectivity index (χ0n) is 13.9. The second-order valence-corrected chi connectivity index (χ2v) is 6.53. The van der Waals surface area contributed by atoms with Crippen molar-refractivity contribution >= 4 is 17.9 Å². The van der Waals surface area contributed by atoms with E-state index >= 15 is 0 Å². The van der Waals surface area contributed by atoms with Gasteiger partial charge in [0.05, 0.1) is 31.9 Å². The van der Waals surface area contributed by atoms with E-state index in [2.05, 4.69) is 32.4 Å². The summed E-state index contributed by atoms with van der Waals surface area (Å²) in [7, 11) is 0. The summed E-state index contributed by atoms with van der Waals surface area (Å²) in [5.74, 6) is 0. The van der Waals surface area contributed by atoms with Crippen LogP contribution in [0, 0.1) is 4.77 Å². The minimum atomic E-state index is 0.639. The molecular formula is C17H21N7S+2. The number of quaternary nitrogens is 1. The van der Waals surface area contributed by atoms with Gasteiger partial charge in [-0.1, -0.05) is 18.2 Å². The van der Waals surface area contributed by atoms with E-state index in [1.165, 1.54) is 10.6 Å². The highest BCUT2D eigenvalue weighted by atomic mass is 32.1. The molecule has 0 radical (unpaired) electrons. The van der Waals surface area contributed by atoms with Gasteiger partial charge in [-0.3, -0.25) is 0 Å². The Labute approximate surface area is 151 Å². The zero-order valence-corrected chi connectivity index (χ0v) is 14.7. The number of aromatic nitrogens is 5. The number of tetrazole rings is 1. The van der Waals surface area contributed by atoms with Crippen LogP contribution in [0.15, 0.2) is 54.9 Å². The van der Waals surface area contributed by atoms with Crippen LogP contribution >= 0.6 is 12.2 Å². The highest BCUT2D eigenvalue weighted by Crippen LogP contribution is 2.10. The molecule has 1 aromatic carbocycles. The maximum absolute atomic E-state index is 5.55. The molecular weight excluding hydrogens is 334 g/mol. The van der Waals surface area contributed by atoms with Gasteiger partial charge in [-0.05, 0) is 34.8 Å². The number of anilines is 1. The Hall–Kier alpha value is -2.58. The second-order valence-electron chi connectivity index (χ2n) is 6.16. The Morgan fingerprint density at radius 2 is 1.68 bits per heavy atom. The Kier molecular flexibility index (Phi) is 4.53. The molecule has 3 aromatic rings. The number of rotatable bonds is 4. The quantitative estimate of drug-likeness (QED) is 0.668. The molecule has 1 aliphatic rings. The molecule has 25 heavy (non-hydrogen) atoms. The first-order chi connectivity index (χ1) is 12.3. The van der Waals surface area contributed by atoms with Crippen LogP contribution in [0.25, 0.3) is 5.69 Å². The highest BCUT2D eigenvalue weighted by Gasteiger charge is 2.21. The van der Waals surface area contributed by atoms with Crippen molar-refractivity contribution < 1.29 is 9.88 Å². The van der Waals surface area contributed by atoms with E-state index in [-0.39, 0.29) is 0 Å². The van der Waals surface area contributed by atoms with Crippen molar-refractivity contribution in [3.63, 3.8) is 0 Å². The molecule has 0 unspecified atom stereocenters. The average Bonchev–Trinajstić information content (AvgIpc) is 3.04. The number of benzene rings is 1. The minimum absolute atomic E-state index is 0.639. The van der Waals surface area contributed by atoms with Crippen LogP contribution in [0.5, 0.6) is 0 Å². The van der Waals surface area contributed by atoms with Gasteiger partial charge in [-0.15, -0.1) is 0 Å². The fourth-order valence-electron chi connectivity index (χ4n) is 3.14. The van der Waals surface area contributed by atoms with Crippen molar-refractivity contribution in [2.24, 2.45) is 0 Å². The van der Waals surface area contributed by atoms with Gasteiger partial charge in [0.15, 0.2) is 19.1 Å².